The Bertz CT molecular complexity index is 699. The Morgan fingerprint density at radius 3 is 2.37 bits per heavy atom. The highest BCUT2D eigenvalue weighted by Gasteiger charge is 2.19. The van der Waals surface area contributed by atoms with Crippen molar-refractivity contribution in [2.45, 2.75) is 26.2 Å². The van der Waals surface area contributed by atoms with Gasteiger partial charge in [0.2, 0.25) is 0 Å². The summed E-state index contributed by atoms with van der Waals surface area (Å²) in [6.45, 7) is 6.29. The van der Waals surface area contributed by atoms with E-state index in [1.165, 1.54) is 11.5 Å². The molecule has 0 aliphatic rings. The summed E-state index contributed by atoms with van der Waals surface area (Å²) in [6.07, 6.45) is 1.69. The second kappa shape index (κ2) is 4.73. The first kappa shape index (κ1) is 14.2. The van der Waals surface area contributed by atoms with E-state index in [-0.39, 0.29) is 21.7 Å². The third-order valence-electron chi connectivity index (χ3n) is 3.06. The Morgan fingerprint density at radius 1 is 1.21 bits per heavy atom. The zero-order chi connectivity index (χ0) is 14.4. The van der Waals surface area contributed by atoms with Gasteiger partial charge in [-0.15, -0.1) is 0 Å². The molecule has 3 nitrogen and oxygen atoms in total. The number of hydrogen-bond acceptors (Lipinski definition) is 2. The van der Waals surface area contributed by atoms with E-state index < -0.39 is 0 Å². The highest BCUT2D eigenvalue weighted by atomic mass is 35.5. The molecule has 0 atom stereocenters. The van der Waals surface area contributed by atoms with Crippen molar-refractivity contribution >= 4 is 28.7 Å². The largest absolute Gasteiger partial charge is 0.493 e. The summed E-state index contributed by atoms with van der Waals surface area (Å²) in [6, 6.07) is 3.79. The predicted octanol–water partition coefficient (Wildman–Crippen LogP) is 3.91. The van der Waals surface area contributed by atoms with Crippen LogP contribution in [-0.2, 0) is 5.41 Å². The Morgan fingerprint density at radius 2 is 1.84 bits per heavy atom. The van der Waals surface area contributed by atoms with Gasteiger partial charge in [-0.25, -0.2) is 0 Å². The fraction of sp³-hybridized carbons (Fsp3) is 0.357. The van der Waals surface area contributed by atoms with Gasteiger partial charge in [-0.2, -0.15) is 0 Å². The van der Waals surface area contributed by atoms with Gasteiger partial charge in [-0.1, -0.05) is 44.0 Å². The molecule has 0 aromatic carbocycles. The number of halogens is 2. The van der Waals surface area contributed by atoms with Crippen LogP contribution in [0.2, 0.25) is 10.0 Å². The van der Waals surface area contributed by atoms with Crippen molar-refractivity contribution in [3.8, 4) is 5.75 Å². The van der Waals surface area contributed by atoms with Crippen LogP contribution in [-0.4, -0.2) is 11.5 Å². The molecule has 0 unspecified atom stereocenters. The molecule has 0 aliphatic carbocycles. The van der Waals surface area contributed by atoms with Crippen molar-refractivity contribution in [1.82, 2.24) is 4.40 Å². The number of rotatable bonds is 1. The summed E-state index contributed by atoms with van der Waals surface area (Å²) in [7, 11) is 1.44. The van der Waals surface area contributed by atoms with Crippen molar-refractivity contribution in [3.05, 3.63) is 44.3 Å². The van der Waals surface area contributed by atoms with Gasteiger partial charge < -0.3 is 4.74 Å². The standard InChI is InChI=1S/C14H15Cl2NO2/c1-14(2,3)8-5-6-17-9(7-8)10(15)12(19-4)11(16)13(17)18/h5-7H,1-4H3. The molecule has 0 fully saturated rings. The van der Waals surface area contributed by atoms with Gasteiger partial charge >= 0.3 is 0 Å². The minimum absolute atomic E-state index is 0.00601. The van der Waals surface area contributed by atoms with E-state index in [2.05, 4.69) is 20.8 Å². The van der Waals surface area contributed by atoms with Crippen LogP contribution in [0.15, 0.2) is 23.1 Å². The molecular weight excluding hydrogens is 285 g/mol. The zero-order valence-electron chi connectivity index (χ0n) is 11.3. The van der Waals surface area contributed by atoms with Crippen molar-refractivity contribution < 1.29 is 4.74 Å². The molecule has 0 bridgehead atoms. The second-order valence-corrected chi connectivity index (χ2v) is 6.14. The number of ether oxygens (including phenoxy) is 1. The lowest BCUT2D eigenvalue weighted by Gasteiger charge is -2.20. The Hall–Kier alpha value is -1.19. The fourth-order valence-electron chi connectivity index (χ4n) is 1.91. The number of methoxy groups -OCH3 is 1. The number of nitrogens with zero attached hydrogens (tertiary/aromatic N) is 1. The number of aromatic nitrogens is 1. The van der Waals surface area contributed by atoms with E-state index in [9.17, 15) is 4.79 Å². The summed E-state index contributed by atoms with van der Waals surface area (Å²) in [5.74, 6) is 0.222. The average molecular weight is 300 g/mol. The highest BCUT2D eigenvalue weighted by Crippen LogP contribution is 2.34. The van der Waals surface area contributed by atoms with E-state index in [1.54, 1.807) is 6.20 Å². The Labute approximate surface area is 121 Å². The molecule has 0 N–H and O–H groups in total. The van der Waals surface area contributed by atoms with E-state index in [0.717, 1.165) is 5.56 Å². The van der Waals surface area contributed by atoms with Crippen LogP contribution in [0.25, 0.3) is 5.52 Å². The minimum atomic E-state index is -0.335. The maximum atomic E-state index is 12.1. The molecule has 2 aromatic heterocycles. The first-order valence-electron chi connectivity index (χ1n) is 5.85. The normalized spacial score (nSPS) is 11.9. The molecule has 0 spiro atoms. The van der Waals surface area contributed by atoms with Gasteiger partial charge in [0, 0.05) is 6.20 Å². The van der Waals surface area contributed by atoms with Gasteiger partial charge in [0.1, 0.15) is 10.0 Å². The average Bonchev–Trinajstić information content (AvgIpc) is 2.35. The van der Waals surface area contributed by atoms with Gasteiger partial charge in [0.25, 0.3) is 5.56 Å². The van der Waals surface area contributed by atoms with Crippen LogP contribution in [0.5, 0.6) is 5.75 Å². The third kappa shape index (κ3) is 2.33. The molecule has 19 heavy (non-hydrogen) atoms. The molecular formula is C14H15Cl2NO2. The molecule has 0 radical (unpaired) electrons. The highest BCUT2D eigenvalue weighted by molar-refractivity contribution is 6.39. The maximum Gasteiger partial charge on any atom is 0.277 e. The molecule has 0 saturated heterocycles. The second-order valence-electron chi connectivity index (χ2n) is 5.39. The summed E-state index contributed by atoms with van der Waals surface area (Å²) >= 11 is 12.2. The molecule has 0 amide bonds. The molecule has 102 valence electrons. The molecule has 0 aliphatic heterocycles. The molecule has 2 aromatic rings. The quantitative estimate of drug-likeness (QED) is 0.799. The van der Waals surface area contributed by atoms with Gasteiger partial charge in [0.05, 0.1) is 12.6 Å². The topological polar surface area (TPSA) is 30.7 Å². The van der Waals surface area contributed by atoms with Crippen LogP contribution in [0, 0.1) is 0 Å². The molecule has 0 saturated carbocycles. The summed E-state index contributed by atoms with van der Waals surface area (Å²) in [5, 5.41) is 0.340. The Balaban J connectivity index is 2.90. The minimum Gasteiger partial charge on any atom is -0.493 e. The summed E-state index contributed by atoms with van der Waals surface area (Å²) < 4.78 is 6.55. The van der Waals surface area contributed by atoms with Crippen LogP contribution in [0.4, 0.5) is 0 Å². The van der Waals surface area contributed by atoms with Crippen LogP contribution in [0.1, 0.15) is 26.3 Å². The summed E-state index contributed by atoms with van der Waals surface area (Å²) in [4.78, 5) is 12.1. The predicted molar refractivity (Wildman–Crippen MR) is 78.9 cm³/mol. The summed E-state index contributed by atoms with van der Waals surface area (Å²) in [5.41, 5.74) is 1.31. The van der Waals surface area contributed by atoms with E-state index >= 15 is 0 Å². The SMILES string of the molecule is COc1c(Cl)c(=O)n2ccc(C(C)(C)C)cc2c1Cl. The molecule has 2 rings (SSSR count). The fourth-order valence-corrected chi connectivity index (χ4v) is 2.54. The lowest BCUT2D eigenvalue weighted by atomic mass is 9.87. The smallest absolute Gasteiger partial charge is 0.277 e. The van der Waals surface area contributed by atoms with Crippen LogP contribution < -0.4 is 10.3 Å². The number of pyridine rings is 2. The van der Waals surface area contributed by atoms with Crippen molar-refractivity contribution in [3.63, 3.8) is 0 Å². The number of hydrogen-bond donors (Lipinski definition) is 0. The Kier molecular flexibility index (Phi) is 3.54. The molecule has 2 heterocycles. The van der Waals surface area contributed by atoms with Gasteiger partial charge in [-0.3, -0.25) is 9.20 Å². The lowest BCUT2D eigenvalue weighted by molar-refractivity contribution is 0.414. The van der Waals surface area contributed by atoms with Crippen molar-refractivity contribution in [1.29, 1.82) is 0 Å². The maximum absolute atomic E-state index is 12.1. The zero-order valence-corrected chi connectivity index (χ0v) is 12.8. The monoisotopic (exact) mass is 299 g/mol. The van der Waals surface area contributed by atoms with E-state index in [1.807, 2.05) is 12.1 Å². The van der Waals surface area contributed by atoms with Gasteiger partial charge in [0.15, 0.2) is 5.75 Å². The van der Waals surface area contributed by atoms with E-state index in [4.69, 9.17) is 27.9 Å². The first-order chi connectivity index (χ1) is 8.77. The first-order valence-corrected chi connectivity index (χ1v) is 6.61. The van der Waals surface area contributed by atoms with Gasteiger partial charge in [-0.05, 0) is 23.1 Å². The lowest BCUT2D eigenvalue weighted by Crippen LogP contribution is -2.18. The molecule has 5 heteroatoms. The van der Waals surface area contributed by atoms with Crippen molar-refractivity contribution in [2.24, 2.45) is 0 Å². The van der Waals surface area contributed by atoms with Crippen LogP contribution in [0.3, 0.4) is 0 Å². The number of fused-ring (bicyclic) bond motifs is 1. The van der Waals surface area contributed by atoms with Crippen molar-refractivity contribution in [2.75, 3.05) is 7.11 Å². The van der Waals surface area contributed by atoms with E-state index in [0.29, 0.717) is 10.5 Å². The third-order valence-corrected chi connectivity index (χ3v) is 3.75. The van der Waals surface area contributed by atoms with Crippen LogP contribution >= 0.6 is 23.2 Å².